The molecule has 0 aliphatic rings. The van der Waals surface area contributed by atoms with Crippen molar-refractivity contribution >= 4 is 33.5 Å². The molecule has 0 saturated heterocycles. The number of hydrogen-bond donors (Lipinski definition) is 1. The zero-order chi connectivity index (χ0) is 9.84. The highest BCUT2D eigenvalue weighted by molar-refractivity contribution is 9.10. The summed E-state index contributed by atoms with van der Waals surface area (Å²) in [6.45, 7) is -0.423. The molecule has 1 aromatic heterocycles. The van der Waals surface area contributed by atoms with E-state index in [1.807, 2.05) is 0 Å². The van der Waals surface area contributed by atoms with Crippen LogP contribution in [0.2, 0.25) is 5.02 Å². The summed E-state index contributed by atoms with van der Waals surface area (Å²) in [5, 5.41) is 8.78. The van der Waals surface area contributed by atoms with Crippen molar-refractivity contribution < 1.29 is 14.6 Å². The number of carboxylic acids is 1. The van der Waals surface area contributed by atoms with Crippen LogP contribution >= 0.6 is 27.5 Å². The van der Waals surface area contributed by atoms with Crippen molar-refractivity contribution in [3.8, 4) is 5.88 Å². The lowest BCUT2D eigenvalue weighted by molar-refractivity contribution is -0.139. The second kappa shape index (κ2) is 4.43. The lowest BCUT2D eigenvalue weighted by atomic mass is 10.5. The molecule has 0 radical (unpaired) electrons. The van der Waals surface area contributed by atoms with Gasteiger partial charge in [-0.05, 0) is 22.0 Å². The van der Waals surface area contributed by atoms with Gasteiger partial charge >= 0.3 is 5.97 Å². The van der Waals surface area contributed by atoms with Crippen molar-refractivity contribution in [1.29, 1.82) is 0 Å². The highest BCUT2D eigenvalue weighted by Crippen LogP contribution is 2.24. The number of hydrogen-bond acceptors (Lipinski definition) is 3. The Balaban J connectivity index is 2.72. The molecule has 0 aliphatic heterocycles. The minimum absolute atomic E-state index is 0.215. The predicted molar refractivity (Wildman–Crippen MR) is 50.1 cm³/mol. The number of ether oxygens (including phenoxy) is 1. The smallest absolute Gasteiger partial charge is 0.341 e. The second-order valence-corrected chi connectivity index (χ2v) is 3.41. The minimum Gasteiger partial charge on any atom is -0.479 e. The van der Waals surface area contributed by atoms with E-state index in [1.165, 1.54) is 6.20 Å². The third-order valence-electron chi connectivity index (χ3n) is 1.11. The van der Waals surface area contributed by atoms with E-state index in [9.17, 15) is 4.79 Å². The van der Waals surface area contributed by atoms with Crippen LogP contribution in [0.15, 0.2) is 16.7 Å². The molecule has 0 aromatic carbocycles. The molecular formula is C7H5BrClNO3. The number of aliphatic carboxylic acids is 1. The van der Waals surface area contributed by atoms with E-state index < -0.39 is 12.6 Å². The zero-order valence-corrected chi connectivity index (χ0v) is 8.67. The maximum Gasteiger partial charge on any atom is 0.341 e. The molecule has 1 heterocycles. The van der Waals surface area contributed by atoms with E-state index in [0.717, 1.165) is 0 Å². The number of halogens is 2. The molecule has 4 nitrogen and oxygen atoms in total. The molecule has 70 valence electrons. The van der Waals surface area contributed by atoms with E-state index in [2.05, 4.69) is 20.9 Å². The Morgan fingerprint density at radius 1 is 1.77 bits per heavy atom. The number of carboxylic acid groups (broad SMARTS) is 1. The average Bonchev–Trinajstić information content (AvgIpc) is 2.02. The quantitative estimate of drug-likeness (QED) is 0.908. The van der Waals surface area contributed by atoms with Crippen LogP contribution in [-0.2, 0) is 4.79 Å². The van der Waals surface area contributed by atoms with Gasteiger partial charge in [0.15, 0.2) is 6.61 Å². The number of pyridine rings is 1. The summed E-state index contributed by atoms with van der Waals surface area (Å²) in [4.78, 5) is 13.9. The highest BCUT2D eigenvalue weighted by atomic mass is 79.9. The van der Waals surface area contributed by atoms with Crippen molar-refractivity contribution in [2.24, 2.45) is 0 Å². The SMILES string of the molecule is O=C(O)COc1ncc(Cl)cc1Br. The first-order valence-electron chi connectivity index (χ1n) is 3.25. The van der Waals surface area contributed by atoms with Crippen LogP contribution in [0.4, 0.5) is 0 Å². The van der Waals surface area contributed by atoms with Crippen LogP contribution in [0.1, 0.15) is 0 Å². The van der Waals surface area contributed by atoms with Crippen molar-refractivity contribution in [2.75, 3.05) is 6.61 Å². The van der Waals surface area contributed by atoms with Crippen LogP contribution in [-0.4, -0.2) is 22.7 Å². The van der Waals surface area contributed by atoms with Gasteiger partial charge in [-0.2, -0.15) is 0 Å². The number of carbonyl (C=O) groups is 1. The summed E-state index contributed by atoms with van der Waals surface area (Å²) >= 11 is 8.75. The average molecular weight is 266 g/mol. The Morgan fingerprint density at radius 2 is 2.46 bits per heavy atom. The van der Waals surface area contributed by atoms with Gasteiger partial charge in [0.05, 0.1) is 9.50 Å². The molecule has 0 bridgehead atoms. The molecule has 1 N–H and O–H groups in total. The lowest BCUT2D eigenvalue weighted by Gasteiger charge is -2.03. The minimum atomic E-state index is -1.05. The Labute approximate surface area is 87.6 Å². The van der Waals surface area contributed by atoms with Crippen LogP contribution in [0, 0.1) is 0 Å². The molecular weight excluding hydrogens is 261 g/mol. The number of aromatic nitrogens is 1. The molecule has 1 aromatic rings. The van der Waals surface area contributed by atoms with Crippen molar-refractivity contribution in [3.05, 3.63) is 21.8 Å². The molecule has 0 amide bonds. The van der Waals surface area contributed by atoms with Gasteiger partial charge in [0.2, 0.25) is 5.88 Å². The predicted octanol–water partition coefficient (Wildman–Crippen LogP) is 1.96. The van der Waals surface area contributed by atoms with Gasteiger partial charge in [0.1, 0.15) is 0 Å². The molecule has 13 heavy (non-hydrogen) atoms. The summed E-state index contributed by atoms with van der Waals surface area (Å²) in [7, 11) is 0. The van der Waals surface area contributed by atoms with Crippen molar-refractivity contribution in [3.63, 3.8) is 0 Å². The Hall–Kier alpha value is -0.810. The molecule has 0 fully saturated rings. The fourth-order valence-corrected chi connectivity index (χ4v) is 1.39. The maximum absolute atomic E-state index is 10.2. The van der Waals surface area contributed by atoms with Crippen LogP contribution in [0.25, 0.3) is 0 Å². The van der Waals surface area contributed by atoms with E-state index in [0.29, 0.717) is 9.50 Å². The first kappa shape index (κ1) is 10.3. The zero-order valence-electron chi connectivity index (χ0n) is 6.33. The van der Waals surface area contributed by atoms with Gasteiger partial charge < -0.3 is 9.84 Å². The van der Waals surface area contributed by atoms with Gasteiger partial charge in [0.25, 0.3) is 0 Å². The monoisotopic (exact) mass is 265 g/mol. The fraction of sp³-hybridized carbons (Fsp3) is 0.143. The Bertz CT molecular complexity index is 332. The number of nitrogens with zero attached hydrogens (tertiary/aromatic N) is 1. The van der Waals surface area contributed by atoms with E-state index in [4.69, 9.17) is 21.4 Å². The van der Waals surface area contributed by atoms with Crippen LogP contribution in [0.3, 0.4) is 0 Å². The summed E-state index contributed by atoms with van der Waals surface area (Å²) in [6.07, 6.45) is 1.38. The molecule has 0 spiro atoms. The summed E-state index contributed by atoms with van der Waals surface area (Å²) in [5.74, 6) is -0.838. The molecule has 0 aliphatic carbocycles. The van der Waals surface area contributed by atoms with Crippen molar-refractivity contribution in [2.45, 2.75) is 0 Å². The third kappa shape index (κ3) is 3.20. The van der Waals surface area contributed by atoms with E-state index in [1.54, 1.807) is 6.07 Å². The third-order valence-corrected chi connectivity index (χ3v) is 1.88. The lowest BCUT2D eigenvalue weighted by Crippen LogP contribution is -2.10. The van der Waals surface area contributed by atoms with Gasteiger partial charge in [0, 0.05) is 6.20 Å². The van der Waals surface area contributed by atoms with Crippen LogP contribution < -0.4 is 4.74 Å². The maximum atomic E-state index is 10.2. The topological polar surface area (TPSA) is 59.4 Å². The normalized spacial score (nSPS) is 9.69. The summed E-state index contributed by atoms with van der Waals surface area (Å²) in [6, 6.07) is 1.58. The first-order chi connectivity index (χ1) is 6.09. The van der Waals surface area contributed by atoms with Crippen molar-refractivity contribution in [1.82, 2.24) is 4.98 Å². The largest absolute Gasteiger partial charge is 0.479 e. The first-order valence-corrected chi connectivity index (χ1v) is 4.42. The molecule has 0 atom stereocenters. The van der Waals surface area contributed by atoms with Gasteiger partial charge in [-0.15, -0.1) is 0 Å². The van der Waals surface area contributed by atoms with Crippen LogP contribution in [0.5, 0.6) is 5.88 Å². The highest BCUT2D eigenvalue weighted by Gasteiger charge is 2.05. The Kier molecular flexibility index (Phi) is 3.50. The Morgan fingerprint density at radius 3 is 3.00 bits per heavy atom. The number of rotatable bonds is 3. The molecule has 0 saturated carbocycles. The van der Waals surface area contributed by atoms with E-state index in [-0.39, 0.29) is 5.88 Å². The summed E-state index contributed by atoms with van der Waals surface area (Å²) in [5.41, 5.74) is 0. The van der Waals surface area contributed by atoms with Gasteiger partial charge in [-0.3, -0.25) is 0 Å². The molecule has 0 unspecified atom stereocenters. The fourth-order valence-electron chi connectivity index (χ4n) is 0.638. The molecule has 1 rings (SSSR count). The standard InChI is InChI=1S/C7H5BrClNO3/c8-5-1-4(9)2-10-7(5)13-3-6(11)12/h1-2H,3H2,(H,11,12). The van der Waals surface area contributed by atoms with E-state index >= 15 is 0 Å². The van der Waals surface area contributed by atoms with Gasteiger partial charge in [-0.1, -0.05) is 11.6 Å². The second-order valence-electron chi connectivity index (χ2n) is 2.12. The summed E-state index contributed by atoms with van der Waals surface area (Å²) < 4.78 is 5.37. The molecule has 6 heteroatoms. The van der Waals surface area contributed by atoms with Gasteiger partial charge in [-0.25, -0.2) is 9.78 Å².